The van der Waals surface area contributed by atoms with Gasteiger partial charge in [0.25, 0.3) is 0 Å². The average molecular weight is 692 g/mol. The molecule has 0 radical (unpaired) electrons. The molecule has 11 nitrogen and oxygen atoms in total. The Morgan fingerprint density at radius 3 is 2.66 bits per heavy atom. The van der Waals surface area contributed by atoms with Gasteiger partial charge >= 0.3 is 0 Å². The van der Waals surface area contributed by atoms with Crippen molar-refractivity contribution in [2.75, 3.05) is 23.7 Å². The minimum Gasteiger partial charge on any atom is -0.472 e. The fourth-order valence-electron chi connectivity index (χ4n) is 6.53. The number of anilines is 2. The zero-order valence-electron chi connectivity index (χ0n) is 28.6. The highest BCUT2D eigenvalue weighted by Crippen LogP contribution is 2.40. The van der Waals surface area contributed by atoms with Gasteiger partial charge in [-0.1, -0.05) is 55.5 Å². The molecule has 0 fully saturated rings. The quantitative estimate of drug-likeness (QED) is 0.119. The molecular formula is C38H41N7O4S. The molecule has 6 rings (SSSR count). The maximum Gasteiger partial charge on any atom is 0.248 e. The first-order valence-corrected chi connectivity index (χ1v) is 18.2. The molecule has 0 saturated carbocycles. The molecule has 3 N–H and O–H groups in total. The van der Waals surface area contributed by atoms with Gasteiger partial charge in [0.05, 0.1) is 24.1 Å². The summed E-state index contributed by atoms with van der Waals surface area (Å²) in [4.78, 5) is 22.5. The summed E-state index contributed by atoms with van der Waals surface area (Å²) < 4.78 is 35.4. The van der Waals surface area contributed by atoms with Gasteiger partial charge in [-0.15, -0.1) is 0 Å². The fourth-order valence-corrected chi connectivity index (χ4v) is 8.05. The molecule has 1 amide bonds. The summed E-state index contributed by atoms with van der Waals surface area (Å²) in [6.07, 6.45) is 5.26. The fraction of sp³-hybridized carbons (Fsp3) is 0.289. The first-order chi connectivity index (χ1) is 24.1. The maximum atomic E-state index is 14.0. The molecule has 1 aliphatic rings. The van der Waals surface area contributed by atoms with Gasteiger partial charge in [-0.3, -0.25) is 9.78 Å². The summed E-state index contributed by atoms with van der Waals surface area (Å²) in [7, 11) is -3.92. The van der Waals surface area contributed by atoms with Crippen LogP contribution in [0.5, 0.6) is 5.88 Å². The van der Waals surface area contributed by atoms with E-state index in [1.807, 2.05) is 82.3 Å². The number of fused-ring (bicyclic) bond motifs is 2. The van der Waals surface area contributed by atoms with Gasteiger partial charge in [-0.05, 0) is 73.2 Å². The monoisotopic (exact) mass is 691 g/mol. The largest absolute Gasteiger partial charge is 0.472 e. The van der Waals surface area contributed by atoms with E-state index in [2.05, 4.69) is 25.7 Å². The Bertz CT molecular complexity index is 2170. The molecule has 2 atom stereocenters. The lowest BCUT2D eigenvalue weighted by molar-refractivity contribution is -0.116. The van der Waals surface area contributed by atoms with Gasteiger partial charge < -0.3 is 15.4 Å². The van der Waals surface area contributed by atoms with Gasteiger partial charge in [-0.25, -0.2) is 18.9 Å². The van der Waals surface area contributed by atoms with Crippen LogP contribution in [0.3, 0.4) is 0 Å². The van der Waals surface area contributed by atoms with Crippen LogP contribution in [0.25, 0.3) is 10.8 Å². The van der Waals surface area contributed by atoms with Crippen molar-refractivity contribution in [1.29, 1.82) is 5.53 Å². The maximum absolute atomic E-state index is 14.0. The molecule has 0 unspecified atom stereocenters. The molecule has 0 bridgehead atoms. The summed E-state index contributed by atoms with van der Waals surface area (Å²) in [5.74, 6) is -0.533. The smallest absolute Gasteiger partial charge is 0.248 e. The molecule has 1 aliphatic heterocycles. The van der Waals surface area contributed by atoms with Crippen LogP contribution in [0.15, 0.2) is 95.3 Å². The molecule has 0 aliphatic carbocycles. The topological polar surface area (TPSA) is 150 Å². The zero-order valence-corrected chi connectivity index (χ0v) is 29.4. The zero-order chi connectivity index (χ0) is 35.4. The van der Waals surface area contributed by atoms with Crippen LogP contribution >= 0.6 is 0 Å². The molecular weight excluding hydrogens is 651 g/mol. The number of sulfonamides is 1. The highest BCUT2D eigenvalue weighted by Gasteiger charge is 2.35. The van der Waals surface area contributed by atoms with E-state index in [0.717, 1.165) is 44.3 Å². The van der Waals surface area contributed by atoms with Crippen LogP contribution in [0.2, 0.25) is 0 Å². The van der Waals surface area contributed by atoms with E-state index in [0.29, 0.717) is 24.3 Å². The summed E-state index contributed by atoms with van der Waals surface area (Å²) in [6.45, 7) is 8.76. The van der Waals surface area contributed by atoms with Crippen molar-refractivity contribution >= 4 is 43.8 Å². The number of pyridine rings is 2. The number of hydrogen-bond acceptors (Lipinski definition) is 9. The van der Waals surface area contributed by atoms with Crippen LogP contribution in [-0.4, -0.2) is 47.8 Å². The standard InChI is InChI=1S/C38H41N7O4S/c1-5-29-23-45(50(47,48)35-12-9-17-42-38(35)49-29)22-28-18-26(14-13-24(28)3)32(30-15-16-33(41-6-2)37(44-39)25(30)4)19-36(46)43-34-21-40-20-27-10-7-8-11-31(27)34/h7-18,20-21,29,32,39,41H,5-6,19,22-23H2,1-4H3,(H,43,46)/t29-,32+/m1/s1. The van der Waals surface area contributed by atoms with Crippen molar-refractivity contribution in [2.45, 2.75) is 64.0 Å². The Labute approximate surface area is 292 Å². The van der Waals surface area contributed by atoms with Crippen LogP contribution in [-0.2, 0) is 21.4 Å². The minimum atomic E-state index is -3.92. The Morgan fingerprint density at radius 2 is 1.88 bits per heavy atom. The third-order valence-corrected chi connectivity index (χ3v) is 11.1. The summed E-state index contributed by atoms with van der Waals surface area (Å²) in [5.41, 5.74) is 14.0. The molecule has 2 aromatic heterocycles. The van der Waals surface area contributed by atoms with Gasteiger partial charge in [-0.2, -0.15) is 9.42 Å². The van der Waals surface area contributed by atoms with Crippen molar-refractivity contribution < 1.29 is 17.9 Å². The Morgan fingerprint density at radius 1 is 1.06 bits per heavy atom. The third-order valence-electron chi connectivity index (χ3n) is 9.28. The molecule has 3 heterocycles. The Kier molecular flexibility index (Phi) is 10.2. The van der Waals surface area contributed by atoms with E-state index in [1.165, 1.54) is 16.6 Å². The number of amides is 1. The van der Waals surface area contributed by atoms with Crippen LogP contribution < -0.4 is 15.4 Å². The second-order valence-corrected chi connectivity index (χ2v) is 14.4. The number of hydrogen-bond donors (Lipinski definition) is 3. The highest BCUT2D eigenvalue weighted by molar-refractivity contribution is 7.89. The van der Waals surface area contributed by atoms with Crippen LogP contribution in [0.4, 0.5) is 17.1 Å². The number of rotatable bonds is 11. The lowest BCUT2D eigenvalue weighted by Crippen LogP contribution is -2.36. The first-order valence-electron chi connectivity index (χ1n) is 16.7. The van der Waals surface area contributed by atoms with E-state index in [4.69, 9.17) is 10.3 Å². The number of carbonyl (C=O) groups is 1. The van der Waals surface area contributed by atoms with Crippen molar-refractivity contribution in [3.63, 3.8) is 0 Å². The number of aromatic nitrogens is 2. The molecule has 0 spiro atoms. The van der Waals surface area contributed by atoms with Crippen molar-refractivity contribution in [3.05, 3.63) is 113 Å². The first kappa shape index (κ1) is 34.7. The van der Waals surface area contributed by atoms with E-state index >= 15 is 0 Å². The number of benzene rings is 3. The minimum absolute atomic E-state index is 0.0466. The summed E-state index contributed by atoms with van der Waals surface area (Å²) >= 11 is 0. The molecule has 0 saturated heterocycles. The van der Waals surface area contributed by atoms with Gasteiger partial charge in [0.15, 0.2) is 0 Å². The lowest BCUT2D eigenvalue weighted by atomic mass is 9.83. The predicted octanol–water partition coefficient (Wildman–Crippen LogP) is 7.86. The van der Waals surface area contributed by atoms with Crippen molar-refractivity contribution in [3.8, 4) is 5.88 Å². The number of ether oxygens (including phenoxy) is 1. The number of carbonyl (C=O) groups excluding carboxylic acids is 1. The Balaban J connectivity index is 1.40. The molecule has 12 heteroatoms. The third kappa shape index (κ3) is 6.94. The van der Waals surface area contributed by atoms with Gasteiger partial charge in [0.1, 0.15) is 16.7 Å². The number of aryl methyl sites for hydroxylation is 1. The summed E-state index contributed by atoms with van der Waals surface area (Å²) in [6, 6.07) is 20.7. The van der Waals surface area contributed by atoms with E-state index in [-0.39, 0.29) is 42.3 Å². The second kappa shape index (κ2) is 14.7. The predicted molar refractivity (Wildman–Crippen MR) is 195 cm³/mol. The molecule has 258 valence electrons. The average Bonchev–Trinajstić information content (AvgIpc) is 3.22. The molecule has 50 heavy (non-hydrogen) atoms. The van der Waals surface area contributed by atoms with Crippen LogP contribution in [0.1, 0.15) is 60.4 Å². The van der Waals surface area contributed by atoms with Crippen LogP contribution in [0, 0.1) is 19.4 Å². The van der Waals surface area contributed by atoms with Crippen molar-refractivity contribution in [1.82, 2.24) is 14.3 Å². The molecule has 5 aromatic rings. The normalized spacial score (nSPS) is 16.1. The van der Waals surface area contributed by atoms with Crippen molar-refractivity contribution in [2.24, 2.45) is 5.11 Å². The van der Waals surface area contributed by atoms with E-state index in [1.54, 1.807) is 18.5 Å². The SMILES string of the molecule is CCNc1ccc([C@@H](CC(=O)Nc2cncc3ccccc23)c2ccc(C)c(CN3C[C@@H](CC)Oc4ncccc4S3(=O)=O)c2)c(C)c1N=N. The number of nitrogens with zero attached hydrogens (tertiary/aromatic N) is 4. The van der Waals surface area contributed by atoms with E-state index < -0.39 is 15.9 Å². The van der Waals surface area contributed by atoms with E-state index in [9.17, 15) is 13.2 Å². The second-order valence-electron chi connectivity index (χ2n) is 12.5. The lowest BCUT2D eigenvalue weighted by Gasteiger charge is -2.25. The van der Waals surface area contributed by atoms with Gasteiger partial charge in [0, 0.05) is 48.6 Å². The van der Waals surface area contributed by atoms with Gasteiger partial charge in [0.2, 0.25) is 21.8 Å². The summed E-state index contributed by atoms with van der Waals surface area (Å²) in [5, 5.41) is 12.0. The highest BCUT2D eigenvalue weighted by atomic mass is 32.2. The Hall–Kier alpha value is -5.20. The number of nitrogens with one attached hydrogen (secondary N) is 3. The molecule has 3 aromatic carbocycles.